The molecular formula is C10H11F2N. The molecule has 0 N–H and O–H groups in total. The van der Waals surface area contributed by atoms with Crippen LogP contribution < -0.4 is 4.90 Å². The van der Waals surface area contributed by atoms with Crippen molar-refractivity contribution in [3.63, 3.8) is 0 Å². The Kier molecular flexibility index (Phi) is 2.17. The topological polar surface area (TPSA) is 3.24 Å². The van der Waals surface area contributed by atoms with Crippen LogP contribution in [-0.4, -0.2) is 19.5 Å². The third-order valence-electron chi connectivity index (χ3n) is 2.34. The van der Waals surface area contributed by atoms with Gasteiger partial charge in [-0.1, -0.05) is 18.2 Å². The van der Waals surface area contributed by atoms with Gasteiger partial charge in [-0.25, -0.2) is 8.78 Å². The number of hydrogen-bond acceptors (Lipinski definition) is 1. The van der Waals surface area contributed by atoms with E-state index in [1.165, 1.54) is 5.56 Å². The highest BCUT2D eigenvalue weighted by Gasteiger charge is 2.20. The molecule has 1 nitrogen and oxygen atoms in total. The van der Waals surface area contributed by atoms with Crippen molar-refractivity contribution in [2.24, 2.45) is 0 Å². The van der Waals surface area contributed by atoms with E-state index in [0.29, 0.717) is 0 Å². The Hall–Kier alpha value is -1.12. The third-order valence-corrected chi connectivity index (χ3v) is 2.34. The van der Waals surface area contributed by atoms with E-state index in [9.17, 15) is 8.78 Å². The quantitative estimate of drug-likeness (QED) is 0.680. The van der Waals surface area contributed by atoms with Crippen LogP contribution in [0.2, 0.25) is 0 Å². The van der Waals surface area contributed by atoms with Crippen LogP contribution in [0.25, 0.3) is 0 Å². The van der Waals surface area contributed by atoms with Crippen LogP contribution in [0.3, 0.4) is 0 Å². The second-order valence-corrected chi connectivity index (χ2v) is 3.22. The van der Waals surface area contributed by atoms with Gasteiger partial charge in [0.25, 0.3) is 6.43 Å². The van der Waals surface area contributed by atoms with Gasteiger partial charge in [0.2, 0.25) is 0 Å². The van der Waals surface area contributed by atoms with Crippen LogP contribution in [0, 0.1) is 0 Å². The van der Waals surface area contributed by atoms with Gasteiger partial charge in [0.15, 0.2) is 0 Å². The summed E-state index contributed by atoms with van der Waals surface area (Å²) in [5.41, 5.74) is 2.16. The van der Waals surface area contributed by atoms with Crippen LogP contribution in [0.15, 0.2) is 24.3 Å². The highest BCUT2D eigenvalue weighted by atomic mass is 19.3. The van der Waals surface area contributed by atoms with E-state index < -0.39 is 6.43 Å². The number of hydrogen-bond donors (Lipinski definition) is 0. The van der Waals surface area contributed by atoms with Gasteiger partial charge < -0.3 is 4.90 Å². The van der Waals surface area contributed by atoms with Crippen LogP contribution in [0.1, 0.15) is 5.56 Å². The highest BCUT2D eigenvalue weighted by molar-refractivity contribution is 5.57. The van der Waals surface area contributed by atoms with Crippen molar-refractivity contribution in [2.75, 3.05) is 18.0 Å². The molecule has 1 aliphatic rings. The molecule has 2 rings (SSSR count). The molecule has 0 atom stereocenters. The molecule has 0 amide bonds. The first kappa shape index (κ1) is 8.48. The maximum absolute atomic E-state index is 12.1. The number of para-hydroxylation sites is 1. The molecule has 1 aromatic rings. The van der Waals surface area contributed by atoms with Crippen molar-refractivity contribution in [2.45, 2.75) is 12.8 Å². The molecule has 0 aliphatic carbocycles. The van der Waals surface area contributed by atoms with Gasteiger partial charge in [0, 0.05) is 12.2 Å². The van der Waals surface area contributed by atoms with Gasteiger partial charge in [0.1, 0.15) is 0 Å². The summed E-state index contributed by atoms with van der Waals surface area (Å²) in [7, 11) is 0. The smallest absolute Gasteiger partial charge is 0.255 e. The second kappa shape index (κ2) is 3.32. The fraction of sp³-hybridized carbons (Fsp3) is 0.400. The monoisotopic (exact) mass is 183 g/mol. The van der Waals surface area contributed by atoms with E-state index in [4.69, 9.17) is 0 Å². The number of rotatable bonds is 2. The van der Waals surface area contributed by atoms with Crippen LogP contribution in [-0.2, 0) is 6.42 Å². The van der Waals surface area contributed by atoms with E-state index in [1.807, 2.05) is 24.3 Å². The summed E-state index contributed by atoms with van der Waals surface area (Å²) in [6.07, 6.45) is -1.35. The maximum atomic E-state index is 12.1. The number of fused-ring (bicyclic) bond motifs is 1. The largest absolute Gasteiger partial charge is 0.365 e. The Balaban J connectivity index is 2.18. The number of anilines is 1. The number of halogens is 2. The third kappa shape index (κ3) is 1.64. The maximum Gasteiger partial charge on any atom is 0.255 e. The number of nitrogens with zero attached hydrogens (tertiary/aromatic N) is 1. The predicted octanol–water partition coefficient (Wildman–Crippen LogP) is 2.31. The molecule has 0 radical (unpaired) electrons. The Labute approximate surface area is 76.0 Å². The molecule has 0 spiro atoms. The average molecular weight is 183 g/mol. The van der Waals surface area contributed by atoms with Crippen molar-refractivity contribution in [1.29, 1.82) is 0 Å². The highest BCUT2D eigenvalue weighted by Crippen LogP contribution is 2.27. The lowest BCUT2D eigenvalue weighted by Crippen LogP contribution is -2.26. The van der Waals surface area contributed by atoms with Gasteiger partial charge in [-0.05, 0) is 18.1 Å². The van der Waals surface area contributed by atoms with Crippen LogP contribution in [0.4, 0.5) is 14.5 Å². The summed E-state index contributed by atoms with van der Waals surface area (Å²) in [6.45, 7) is 0.584. The van der Waals surface area contributed by atoms with Gasteiger partial charge in [0.05, 0.1) is 6.54 Å². The lowest BCUT2D eigenvalue weighted by Gasteiger charge is -2.18. The lowest BCUT2D eigenvalue weighted by atomic mass is 10.2. The summed E-state index contributed by atoms with van der Waals surface area (Å²) in [6, 6.07) is 7.75. The van der Waals surface area contributed by atoms with E-state index >= 15 is 0 Å². The number of alkyl halides is 2. The first-order chi connectivity index (χ1) is 6.27. The minimum atomic E-state index is -2.24. The zero-order chi connectivity index (χ0) is 9.26. The van der Waals surface area contributed by atoms with Crippen LogP contribution in [0.5, 0.6) is 0 Å². The van der Waals surface area contributed by atoms with Gasteiger partial charge in [-0.2, -0.15) is 0 Å². The zero-order valence-electron chi connectivity index (χ0n) is 7.21. The van der Waals surface area contributed by atoms with Crippen molar-refractivity contribution in [1.82, 2.24) is 0 Å². The standard InChI is InChI=1S/C10H11F2N/c11-10(12)7-13-6-5-8-3-1-2-4-9(8)13/h1-4,10H,5-7H2. The van der Waals surface area contributed by atoms with Gasteiger partial charge in [-0.3, -0.25) is 0 Å². The van der Waals surface area contributed by atoms with E-state index in [0.717, 1.165) is 18.7 Å². The van der Waals surface area contributed by atoms with Crippen molar-refractivity contribution in [3.05, 3.63) is 29.8 Å². The first-order valence-corrected chi connectivity index (χ1v) is 4.38. The van der Waals surface area contributed by atoms with Gasteiger partial charge in [-0.15, -0.1) is 0 Å². The van der Waals surface area contributed by atoms with E-state index in [2.05, 4.69) is 0 Å². The molecule has 0 saturated carbocycles. The molecule has 0 fully saturated rings. The summed E-state index contributed by atoms with van der Waals surface area (Å²) >= 11 is 0. The summed E-state index contributed by atoms with van der Waals surface area (Å²) < 4.78 is 24.3. The fourth-order valence-corrected chi connectivity index (χ4v) is 1.76. The molecule has 13 heavy (non-hydrogen) atoms. The normalized spacial score (nSPS) is 15.2. The predicted molar refractivity (Wildman–Crippen MR) is 48.4 cm³/mol. The van der Waals surface area contributed by atoms with E-state index in [-0.39, 0.29) is 6.54 Å². The van der Waals surface area contributed by atoms with Crippen molar-refractivity contribution >= 4 is 5.69 Å². The molecule has 0 unspecified atom stereocenters. The molecule has 1 aromatic carbocycles. The summed E-state index contributed by atoms with van der Waals surface area (Å²) in [5, 5.41) is 0. The molecule has 70 valence electrons. The molecular weight excluding hydrogens is 172 g/mol. The first-order valence-electron chi connectivity index (χ1n) is 4.38. The molecule has 0 aromatic heterocycles. The molecule has 3 heteroatoms. The fourth-order valence-electron chi connectivity index (χ4n) is 1.76. The Morgan fingerprint density at radius 3 is 2.85 bits per heavy atom. The van der Waals surface area contributed by atoms with Crippen LogP contribution >= 0.6 is 0 Å². The molecule has 0 saturated heterocycles. The van der Waals surface area contributed by atoms with Gasteiger partial charge >= 0.3 is 0 Å². The minimum absolute atomic E-state index is 0.142. The zero-order valence-corrected chi connectivity index (χ0v) is 7.21. The SMILES string of the molecule is FC(F)CN1CCc2ccccc21. The summed E-state index contributed by atoms with van der Waals surface area (Å²) in [5.74, 6) is 0. The summed E-state index contributed by atoms with van der Waals surface area (Å²) in [4.78, 5) is 1.75. The van der Waals surface area contributed by atoms with E-state index in [1.54, 1.807) is 4.90 Å². The Bertz CT molecular complexity index is 299. The second-order valence-electron chi connectivity index (χ2n) is 3.22. The van der Waals surface area contributed by atoms with Crippen molar-refractivity contribution in [3.8, 4) is 0 Å². The number of benzene rings is 1. The Morgan fingerprint density at radius 1 is 1.31 bits per heavy atom. The minimum Gasteiger partial charge on any atom is -0.365 e. The average Bonchev–Trinajstić information content (AvgIpc) is 2.48. The lowest BCUT2D eigenvalue weighted by molar-refractivity contribution is 0.155. The molecule has 1 heterocycles. The molecule has 1 aliphatic heterocycles. The molecule has 0 bridgehead atoms. The van der Waals surface area contributed by atoms with Crippen molar-refractivity contribution < 1.29 is 8.78 Å². The Morgan fingerprint density at radius 2 is 2.08 bits per heavy atom.